The van der Waals surface area contributed by atoms with Crippen LogP contribution >= 0.6 is 7.82 Å². The van der Waals surface area contributed by atoms with Crippen LogP contribution in [0.15, 0.2) is 24.3 Å². The number of esters is 2. The lowest BCUT2D eigenvalue weighted by Crippen LogP contribution is -2.37. The van der Waals surface area contributed by atoms with Gasteiger partial charge in [0, 0.05) is 12.8 Å². The first-order chi connectivity index (χ1) is 30.0. The van der Waals surface area contributed by atoms with Crippen LogP contribution in [0.2, 0.25) is 0 Å². The topological polar surface area (TPSA) is 108 Å². The van der Waals surface area contributed by atoms with Crippen LogP contribution in [0.3, 0.4) is 0 Å². The minimum Gasteiger partial charge on any atom is -0.462 e. The van der Waals surface area contributed by atoms with Crippen molar-refractivity contribution in [1.82, 2.24) is 0 Å². The summed E-state index contributed by atoms with van der Waals surface area (Å²) in [4.78, 5) is 35.5. The molecule has 0 heterocycles. The van der Waals surface area contributed by atoms with Gasteiger partial charge in [-0.2, -0.15) is 0 Å². The van der Waals surface area contributed by atoms with E-state index in [2.05, 4.69) is 38.2 Å². The summed E-state index contributed by atoms with van der Waals surface area (Å²) in [5.74, 6) is -0.828. The number of carbonyl (C=O) groups excluding carboxylic acids is 2. The number of quaternary nitrogens is 1. The zero-order chi connectivity index (χ0) is 45.7. The van der Waals surface area contributed by atoms with Gasteiger partial charge < -0.3 is 18.9 Å². The van der Waals surface area contributed by atoms with Crippen LogP contribution in [0.5, 0.6) is 0 Å². The van der Waals surface area contributed by atoms with E-state index in [-0.39, 0.29) is 26.1 Å². The predicted octanol–water partition coefficient (Wildman–Crippen LogP) is 15.5. The van der Waals surface area contributed by atoms with Crippen LogP contribution in [0, 0.1) is 0 Å². The number of allylic oxidation sites excluding steroid dienone is 4. The molecule has 0 spiro atoms. The molecule has 0 saturated heterocycles. The summed E-state index contributed by atoms with van der Waals surface area (Å²) >= 11 is 0. The van der Waals surface area contributed by atoms with E-state index in [1.165, 1.54) is 173 Å². The Kier molecular flexibility index (Phi) is 43.6. The van der Waals surface area contributed by atoms with Crippen LogP contribution in [0.4, 0.5) is 0 Å². The molecule has 62 heavy (non-hydrogen) atoms. The summed E-state index contributed by atoms with van der Waals surface area (Å²) in [6.07, 6.45) is 51.0. The highest BCUT2D eigenvalue weighted by atomic mass is 31.2. The summed E-state index contributed by atoms with van der Waals surface area (Å²) in [6, 6.07) is 0. The Morgan fingerprint density at radius 1 is 0.484 bits per heavy atom. The highest BCUT2D eigenvalue weighted by Gasteiger charge is 2.27. The van der Waals surface area contributed by atoms with Gasteiger partial charge in [-0.15, -0.1) is 0 Å². The summed E-state index contributed by atoms with van der Waals surface area (Å²) < 4.78 is 34.4. The van der Waals surface area contributed by atoms with Crippen molar-refractivity contribution in [3.8, 4) is 0 Å². The van der Waals surface area contributed by atoms with Crippen molar-refractivity contribution in [3.05, 3.63) is 24.3 Å². The van der Waals surface area contributed by atoms with Crippen molar-refractivity contribution >= 4 is 19.8 Å². The second-order valence-corrected chi connectivity index (χ2v) is 20.4. The highest BCUT2D eigenvalue weighted by molar-refractivity contribution is 7.47. The van der Waals surface area contributed by atoms with Crippen molar-refractivity contribution in [2.75, 3.05) is 47.5 Å². The summed E-state index contributed by atoms with van der Waals surface area (Å²) in [5, 5.41) is 0. The van der Waals surface area contributed by atoms with Gasteiger partial charge in [0.2, 0.25) is 0 Å². The number of phosphoric acid groups is 1. The number of hydrogen-bond acceptors (Lipinski definition) is 7. The third-order valence-electron chi connectivity index (χ3n) is 11.5. The van der Waals surface area contributed by atoms with E-state index in [1.54, 1.807) is 0 Å². The van der Waals surface area contributed by atoms with Gasteiger partial charge in [-0.25, -0.2) is 4.57 Å². The third kappa shape index (κ3) is 48.0. The van der Waals surface area contributed by atoms with Gasteiger partial charge in [-0.3, -0.25) is 18.6 Å². The number of nitrogens with zero attached hydrogens (tertiary/aromatic N) is 1. The average Bonchev–Trinajstić information content (AvgIpc) is 3.23. The minimum absolute atomic E-state index is 0.0293. The molecule has 10 heteroatoms. The molecule has 0 bridgehead atoms. The van der Waals surface area contributed by atoms with Crippen LogP contribution in [0.25, 0.3) is 0 Å². The predicted molar refractivity (Wildman–Crippen MR) is 261 cm³/mol. The molecule has 9 nitrogen and oxygen atoms in total. The first-order valence-electron chi connectivity index (χ1n) is 26.1. The maximum absolute atomic E-state index is 12.7. The molecule has 0 aromatic heterocycles. The fourth-order valence-corrected chi connectivity index (χ4v) is 8.10. The molecule has 0 saturated carbocycles. The van der Waals surface area contributed by atoms with E-state index in [0.29, 0.717) is 23.9 Å². The highest BCUT2D eigenvalue weighted by Crippen LogP contribution is 2.43. The second kappa shape index (κ2) is 44.7. The lowest BCUT2D eigenvalue weighted by molar-refractivity contribution is -0.870. The van der Waals surface area contributed by atoms with E-state index >= 15 is 0 Å². The zero-order valence-electron chi connectivity index (χ0n) is 41.4. The number of likely N-dealkylation sites (N-methyl/N-ethyl adjacent to an activating group) is 1. The average molecular weight is 899 g/mol. The molecule has 0 rings (SSSR count). The quantitative estimate of drug-likeness (QED) is 0.0211. The Hall–Kier alpha value is -1.51. The van der Waals surface area contributed by atoms with Crippen molar-refractivity contribution in [2.45, 2.75) is 251 Å². The van der Waals surface area contributed by atoms with Gasteiger partial charge in [-0.1, -0.05) is 205 Å². The van der Waals surface area contributed by atoms with Crippen molar-refractivity contribution in [1.29, 1.82) is 0 Å². The Morgan fingerprint density at radius 3 is 1.29 bits per heavy atom. The lowest BCUT2D eigenvalue weighted by Gasteiger charge is -2.24. The SMILES string of the molecule is CCCC/C=C/CCCCCCCCCCCC(=O)O[C@@H](COC(=O)CCC/C=C/CCCCCCCCCCCCCCCCCCCC)COP(=O)(O)OCC[N+](C)(C)C. The van der Waals surface area contributed by atoms with Gasteiger partial charge in [0.05, 0.1) is 27.7 Å². The smallest absolute Gasteiger partial charge is 0.462 e. The van der Waals surface area contributed by atoms with Crippen molar-refractivity contribution < 1.29 is 42.1 Å². The van der Waals surface area contributed by atoms with Crippen molar-refractivity contribution in [2.24, 2.45) is 0 Å². The molecule has 0 aliphatic rings. The van der Waals surface area contributed by atoms with Crippen LogP contribution < -0.4 is 0 Å². The number of phosphoric ester groups is 1. The fourth-order valence-electron chi connectivity index (χ4n) is 7.35. The monoisotopic (exact) mass is 899 g/mol. The molecule has 366 valence electrons. The number of carbonyl (C=O) groups is 2. The third-order valence-corrected chi connectivity index (χ3v) is 12.4. The van der Waals surface area contributed by atoms with Crippen LogP contribution in [-0.2, 0) is 32.7 Å². The molecular formula is C52H101NO8P+. The van der Waals surface area contributed by atoms with E-state index in [4.69, 9.17) is 18.5 Å². The Labute approximate surface area is 383 Å². The fraction of sp³-hybridized carbons (Fsp3) is 0.885. The van der Waals surface area contributed by atoms with Gasteiger partial charge in [-0.05, 0) is 51.4 Å². The number of rotatable bonds is 48. The molecule has 1 N–H and O–H groups in total. The first kappa shape index (κ1) is 60.5. The van der Waals surface area contributed by atoms with Crippen LogP contribution in [-0.4, -0.2) is 74.9 Å². The molecule has 0 radical (unpaired) electrons. The number of ether oxygens (including phenoxy) is 2. The maximum Gasteiger partial charge on any atom is 0.472 e. The summed E-state index contributed by atoms with van der Waals surface area (Å²) in [7, 11) is 1.47. The van der Waals surface area contributed by atoms with Gasteiger partial charge in [0.25, 0.3) is 0 Å². The van der Waals surface area contributed by atoms with Crippen LogP contribution in [0.1, 0.15) is 245 Å². The van der Waals surface area contributed by atoms with E-state index in [9.17, 15) is 19.0 Å². The molecule has 0 aliphatic heterocycles. The molecule has 0 aromatic carbocycles. The largest absolute Gasteiger partial charge is 0.472 e. The van der Waals surface area contributed by atoms with Gasteiger partial charge in [0.15, 0.2) is 6.10 Å². The second-order valence-electron chi connectivity index (χ2n) is 18.9. The standard InChI is InChI=1S/C52H100NO8P/c1-6-8-10-12-14-16-18-20-22-23-24-25-26-27-28-29-31-32-34-36-38-40-42-44-51(54)58-48-50(49-60-62(56,57)59-47-46-53(3,4)5)61-52(55)45-43-41-39-37-35-33-30-21-19-17-15-13-11-9-7-2/h13,15,36,38,50H,6-12,14,16-35,37,39-49H2,1-5H3/p+1/b15-13+,38-36+/t50-/m0/s1. The van der Waals surface area contributed by atoms with Crippen molar-refractivity contribution in [3.63, 3.8) is 0 Å². The van der Waals surface area contributed by atoms with Gasteiger partial charge in [0.1, 0.15) is 19.8 Å². The minimum atomic E-state index is -4.38. The first-order valence-corrected chi connectivity index (χ1v) is 27.6. The number of unbranched alkanes of at least 4 members (excludes halogenated alkanes) is 30. The molecule has 0 amide bonds. The lowest BCUT2D eigenvalue weighted by atomic mass is 10.0. The molecule has 2 atom stereocenters. The zero-order valence-corrected chi connectivity index (χ0v) is 42.3. The number of hydrogen-bond donors (Lipinski definition) is 1. The molecular weight excluding hydrogens is 798 g/mol. The molecule has 0 fully saturated rings. The van der Waals surface area contributed by atoms with E-state index in [1.807, 2.05) is 21.1 Å². The van der Waals surface area contributed by atoms with Gasteiger partial charge >= 0.3 is 19.8 Å². The van der Waals surface area contributed by atoms with E-state index in [0.717, 1.165) is 32.1 Å². The molecule has 0 aliphatic carbocycles. The molecule has 1 unspecified atom stereocenters. The Balaban J connectivity index is 4.20. The summed E-state index contributed by atoms with van der Waals surface area (Å²) in [6.45, 7) is 4.40. The Bertz CT molecular complexity index is 1110. The Morgan fingerprint density at radius 2 is 0.855 bits per heavy atom. The normalized spacial score (nSPS) is 13.6. The molecule has 0 aromatic rings. The van der Waals surface area contributed by atoms with E-state index < -0.39 is 32.5 Å². The maximum atomic E-state index is 12.7. The summed E-state index contributed by atoms with van der Waals surface area (Å²) in [5.41, 5.74) is 0.